The normalized spacial score (nSPS) is 25.0. The molecule has 1 fully saturated rings. The van der Waals surface area contributed by atoms with Gasteiger partial charge in [0, 0.05) is 19.2 Å². The fourth-order valence-electron chi connectivity index (χ4n) is 4.40. The minimum absolute atomic E-state index is 0.0724. The van der Waals surface area contributed by atoms with Gasteiger partial charge in [-0.05, 0) is 31.4 Å². The summed E-state index contributed by atoms with van der Waals surface area (Å²) in [6.07, 6.45) is -3.05. The number of aliphatic hydroxyl groups is 4. The summed E-state index contributed by atoms with van der Waals surface area (Å²) < 4.78 is 47.7. The third-order valence-corrected chi connectivity index (χ3v) is 7.88. The van der Waals surface area contributed by atoms with Crippen LogP contribution in [0.15, 0.2) is 18.3 Å². The largest absolute Gasteiger partial charge is 0.394 e. The van der Waals surface area contributed by atoms with Crippen LogP contribution in [0.25, 0.3) is 11.3 Å². The third kappa shape index (κ3) is 7.11. The van der Waals surface area contributed by atoms with Crippen molar-refractivity contribution in [2.45, 2.75) is 75.3 Å². The molecule has 0 aliphatic carbocycles. The lowest BCUT2D eigenvalue weighted by atomic mass is 9.95. The Kier molecular flexibility index (Phi) is 9.40. The molecule has 2 heterocycles. The molecule has 14 heteroatoms. The van der Waals surface area contributed by atoms with E-state index in [2.05, 4.69) is 10.3 Å². The Labute approximate surface area is 228 Å². The number of carbonyl (C=O) groups excluding carboxylic acids is 1. The molecule has 1 aromatic heterocycles. The quantitative estimate of drug-likeness (QED) is 0.346. The van der Waals surface area contributed by atoms with Crippen LogP contribution in [0.5, 0.6) is 0 Å². The first-order valence-corrected chi connectivity index (χ1v) is 13.2. The number of rotatable bonds is 8. The number of carbonyl (C=O) groups is 1. The van der Waals surface area contributed by atoms with Crippen LogP contribution in [-0.2, 0) is 9.53 Å². The van der Waals surface area contributed by atoms with Crippen molar-refractivity contribution in [2.75, 3.05) is 20.2 Å². The van der Waals surface area contributed by atoms with E-state index in [0.29, 0.717) is 6.54 Å². The second-order valence-electron chi connectivity index (χ2n) is 11.5. The van der Waals surface area contributed by atoms with Gasteiger partial charge in [0.25, 0.3) is 0 Å². The minimum atomic E-state index is -1.64. The van der Waals surface area contributed by atoms with E-state index in [1.54, 1.807) is 7.05 Å². The lowest BCUT2D eigenvalue weighted by Crippen LogP contribution is -2.57. The zero-order valence-electron chi connectivity index (χ0n) is 22.5. The molecular formula is C25H35F3N4O6S. The van der Waals surface area contributed by atoms with Gasteiger partial charge in [-0.25, -0.2) is 17.9 Å². The number of aliphatic hydroxyl groups excluding tert-OH is 3. The van der Waals surface area contributed by atoms with Gasteiger partial charge >= 0.3 is 0 Å². The van der Waals surface area contributed by atoms with Crippen molar-refractivity contribution in [3.05, 3.63) is 35.8 Å². The van der Waals surface area contributed by atoms with Crippen LogP contribution in [0, 0.1) is 22.9 Å². The summed E-state index contributed by atoms with van der Waals surface area (Å²) in [7, 11) is 1.60. The fraction of sp³-hybridized carbons (Fsp3) is 0.640. The molecule has 2 aromatic rings. The summed E-state index contributed by atoms with van der Waals surface area (Å²) >= 11 is 0.833. The van der Waals surface area contributed by atoms with Crippen molar-refractivity contribution >= 4 is 17.7 Å². The molecule has 1 amide bonds. The highest BCUT2D eigenvalue weighted by Crippen LogP contribution is 2.40. The number of thioether (sulfide) groups is 1. The molecule has 0 bridgehead atoms. The lowest BCUT2D eigenvalue weighted by Gasteiger charge is -2.44. The van der Waals surface area contributed by atoms with E-state index in [9.17, 15) is 38.4 Å². The van der Waals surface area contributed by atoms with Crippen molar-refractivity contribution in [3.8, 4) is 11.3 Å². The summed E-state index contributed by atoms with van der Waals surface area (Å²) in [5.74, 6) is -4.91. The molecule has 10 nitrogen and oxygen atoms in total. The van der Waals surface area contributed by atoms with E-state index in [4.69, 9.17) is 4.74 Å². The maximum absolute atomic E-state index is 13.7. The van der Waals surface area contributed by atoms with E-state index >= 15 is 0 Å². The number of hydrogen-bond acceptors (Lipinski definition) is 9. The maximum atomic E-state index is 13.7. The Balaban J connectivity index is 1.92. The second kappa shape index (κ2) is 11.7. The zero-order valence-corrected chi connectivity index (χ0v) is 23.4. The number of aromatic nitrogens is 3. The van der Waals surface area contributed by atoms with Crippen LogP contribution in [0.2, 0.25) is 0 Å². The molecule has 1 aromatic carbocycles. The average molecular weight is 577 g/mol. The van der Waals surface area contributed by atoms with Crippen molar-refractivity contribution in [1.29, 1.82) is 0 Å². The molecule has 39 heavy (non-hydrogen) atoms. The maximum Gasteiger partial charge on any atom is 0.238 e. The molecule has 6 atom stereocenters. The predicted octanol–water partition coefficient (Wildman–Crippen LogP) is 1.72. The molecular weight excluding hydrogens is 541 g/mol. The fourth-order valence-corrected chi connectivity index (χ4v) is 5.83. The van der Waals surface area contributed by atoms with Gasteiger partial charge in [-0.3, -0.25) is 4.79 Å². The van der Waals surface area contributed by atoms with Crippen molar-refractivity contribution in [3.63, 3.8) is 0 Å². The molecule has 3 rings (SSSR count). The minimum Gasteiger partial charge on any atom is -0.394 e. The molecule has 1 aliphatic rings. The van der Waals surface area contributed by atoms with Crippen LogP contribution in [0.4, 0.5) is 13.2 Å². The number of ether oxygens (including phenoxy) is 1. The lowest BCUT2D eigenvalue weighted by molar-refractivity contribution is -0.179. The summed E-state index contributed by atoms with van der Waals surface area (Å²) in [6.45, 7) is 8.50. The topological polar surface area (TPSA) is 141 Å². The third-order valence-electron chi connectivity index (χ3n) is 6.17. The second-order valence-corrected chi connectivity index (χ2v) is 12.7. The van der Waals surface area contributed by atoms with Crippen LogP contribution < -0.4 is 0 Å². The number of halogens is 3. The van der Waals surface area contributed by atoms with E-state index < -0.39 is 70.6 Å². The zero-order chi connectivity index (χ0) is 29.4. The summed E-state index contributed by atoms with van der Waals surface area (Å²) in [5, 5.41) is 49.4. The Hall–Kier alpha value is -2.23. The van der Waals surface area contributed by atoms with Crippen molar-refractivity contribution in [1.82, 2.24) is 19.9 Å². The standard InChI is InChI=1S/C25H35F3N4O6S/c1-24(2,3)11-31(6)22(36)21(25(4,5)37)39-23-20(35)18(19(34)16(10-33)38-23)32-9-15(29-30-32)12-7-13(26)17(28)14(27)8-12/h7-9,16,18-21,23,33-35,37H,10-11H2,1-6H3/t16-,18+,19+,20-,21?,23+/m1/s1. The van der Waals surface area contributed by atoms with Gasteiger partial charge in [-0.2, -0.15) is 0 Å². The number of amides is 1. The first-order valence-electron chi connectivity index (χ1n) is 12.3. The van der Waals surface area contributed by atoms with Crippen LogP contribution in [0.3, 0.4) is 0 Å². The van der Waals surface area contributed by atoms with Gasteiger partial charge in [-0.1, -0.05) is 26.0 Å². The first kappa shape index (κ1) is 31.3. The number of benzene rings is 1. The van der Waals surface area contributed by atoms with Gasteiger partial charge in [0.1, 0.15) is 40.7 Å². The Morgan fingerprint density at radius 3 is 2.26 bits per heavy atom. The van der Waals surface area contributed by atoms with Gasteiger partial charge in [0.2, 0.25) is 5.91 Å². The van der Waals surface area contributed by atoms with Crippen LogP contribution >= 0.6 is 11.8 Å². The SMILES string of the molecule is CN(CC(C)(C)C)C(=O)C(S[C@@H]1O[C@H](CO)[C@H](O)[C@H](n2cc(-c3cc(F)c(F)c(F)c3)nn2)[C@H]1O)C(C)(C)O. The van der Waals surface area contributed by atoms with Crippen molar-refractivity contribution < 1.29 is 43.1 Å². The van der Waals surface area contributed by atoms with Gasteiger partial charge < -0.3 is 30.1 Å². The first-order chi connectivity index (χ1) is 17.9. The van der Waals surface area contributed by atoms with Gasteiger partial charge in [0.05, 0.1) is 18.4 Å². The number of nitrogens with zero attached hydrogens (tertiary/aromatic N) is 4. The average Bonchev–Trinajstić information content (AvgIpc) is 3.29. The smallest absolute Gasteiger partial charge is 0.238 e. The number of hydrogen-bond donors (Lipinski definition) is 4. The Bertz CT molecular complexity index is 1150. The molecule has 0 radical (unpaired) electrons. The van der Waals surface area contributed by atoms with Crippen molar-refractivity contribution in [2.24, 2.45) is 5.41 Å². The molecule has 1 saturated heterocycles. The summed E-state index contributed by atoms with van der Waals surface area (Å²) in [6, 6.07) is 0.188. The highest BCUT2D eigenvalue weighted by Gasteiger charge is 2.49. The Morgan fingerprint density at radius 2 is 1.74 bits per heavy atom. The molecule has 4 N–H and O–H groups in total. The predicted molar refractivity (Wildman–Crippen MR) is 137 cm³/mol. The highest BCUT2D eigenvalue weighted by molar-refractivity contribution is 8.01. The summed E-state index contributed by atoms with van der Waals surface area (Å²) in [5.41, 5.74) is -3.19. The van der Waals surface area contributed by atoms with E-state index in [0.717, 1.165) is 28.6 Å². The van der Waals surface area contributed by atoms with Gasteiger partial charge in [0.15, 0.2) is 17.5 Å². The monoisotopic (exact) mass is 576 g/mol. The molecule has 1 unspecified atom stereocenters. The molecule has 1 aliphatic heterocycles. The van der Waals surface area contributed by atoms with Crippen LogP contribution in [-0.4, -0.2) is 101 Å². The van der Waals surface area contributed by atoms with E-state index in [1.165, 1.54) is 24.9 Å². The Morgan fingerprint density at radius 1 is 1.15 bits per heavy atom. The van der Waals surface area contributed by atoms with E-state index in [1.807, 2.05) is 20.8 Å². The highest BCUT2D eigenvalue weighted by atomic mass is 32.2. The molecule has 218 valence electrons. The van der Waals surface area contributed by atoms with Crippen LogP contribution in [0.1, 0.15) is 40.7 Å². The molecule has 0 saturated carbocycles. The van der Waals surface area contributed by atoms with E-state index in [-0.39, 0.29) is 16.7 Å². The summed E-state index contributed by atoms with van der Waals surface area (Å²) in [4.78, 5) is 14.8. The van der Waals surface area contributed by atoms with Gasteiger partial charge in [-0.15, -0.1) is 16.9 Å². The molecule has 0 spiro atoms.